The van der Waals surface area contributed by atoms with Gasteiger partial charge in [-0.25, -0.2) is 17.6 Å². The Hall–Kier alpha value is -4.70. The molecular weight excluding hydrogens is 595 g/mol. The highest BCUT2D eigenvalue weighted by atomic mass is 32.2. The zero-order valence-electron chi connectivity index (χ0n) is 25.5. The van der Waals surface area contributed by atoms with E-state index in [0.29, 0.717) is 17.0 Å². The molecule has 1 atom stereocenters. The number of amides is 1. The number of carbonyl (C=O) groups excluding carboxylic acids is 2. The van der Waals surface area contributed by atoms with Crippen LogP contribution in [0.2, 0.25) is 0 Å². The van der Waals surface area contributed by atoms with Crippen molar-refractivity contribution >= 4 is 27.6 Å². The van der Waals surface area contributed by atoms with Crippen LogP contribution in [0.5, 0.6) is 5.75 Å². The Morgan fingerprint density at radius 1 is 0.956 bits per heavy atom. The molecule has 1 amide bonds. The molecule has 0 aromatic heterocycles. The fourth-order valence-corrected chi connectivity index (χ4v) is 6.86. The normalized spacial score (nSPS) is 14.5. The molecule has 0 radical (unpaired) electrons. The van der Waals surface area contributed by atoms with E-state index in [2.05, 4.69) is 5.32 Å². The van der Waals surface area contributed by atoms with Gasteiger partial charge >= 0.3 is 5.97 Å². The van der Waals surface area contributed by atoms with Crippen LogP contribution in [0.4, 0.5) is 10.1 Å². The Bertz CT molecular complexity index is 1820. The van der Waals surface area contributed by atoms with Crippen molar-refractivity contribution in [2.45, 2.75) is 50.7 Å². The number of ether oxygens (including phenoxy) is 2. The van der Waals surface area contributed by atoms with E-state index in [1.54, 1.807) is 82.3 Å². The van der Waals surface area contributed by atoms with E-state index >= 15 is 0 Å². The summed E-state index contributed by atoms with van der Waals surface area (Å²) in [6, 6.07) is 23.4. The van der Waals surface area contributed by atoms with E-state index < -0.39 is 33.5 Å². The topological polar surface area (TPSA) is 102 Å². The lowest BCUT2D eigenvalue weighted by Crippen LogP contribution is -2.48. The van der Waals surface area contributed by atoms with Crippen molar-refractivity contribution < 1.29 is 31.9 Å². The third-order valence-electron chi connectivity index (χ3n) is 7.30. The zero-order valence-corrected chi connectivity index (χ0v) is 26.4. The van der Waals surface area contributed by atoms with Crippen LogP contribution in [0.1, 0.15) is 42.3 Å². The molecular formula is C35H35FN2O6S. The lowest BCUT2D eigenvalue weighted by molar-refractivity contribution is -0.122. The average molecular weight is 631 g/mol. The molecule has 1 aliphatic rings. The first kappa shape index (κ1) is 31.7. The van der Waals surface area contributed by atoms with Gasteiger partial charge in [0, 0.05) is 6.42 Å². The number of sulfonamides is 1. The number of esters is 1. The van der Waals surface area contributed by atoms with Gasteiger partial charge in [0.1, 0.15) is 29.8 Å². The lowest BCUT2D eigenvalue weighted by atomic mass is 10.0. The first-order valence-corrected chi connectivity index (χ1v) is 16.0. The summed E-state index contributed by atoms with van der Waals surface area (Å²) in [5.74, 6) is -0.712. The van der Waals surface area contributed by atoms with Crippen LogP contribution in [0.25, 0.3) is 11.1 Å². The molecule has 0 saturated carbocycles. The molecule has 0 saturated heterocycles. The van der Waals surface area contributed by atoms with Gasteiger partial charge in [-0.05, 0) is 105 Å². The second-order valence-corrected chi connectivity index (χ2v) is 13.6. The lowest BCUT2D eigenvalue weighted by Gasteiger charge is -2.26. The maximum atomic E-state index is 14.0. The molecule has 0 unspecified atom stereocenters. The van der Waals surface area contributed by atoms with Gasteiger partial charge < -0.3 is 14.8 Å². The maximum Gasteiger partial charge on any atom is 0.338 e. The number of benzene rings is 4. The van der Waals surface area contributed by atoms with E-state index in [4.69, 9.17) is 9.47 Å². The van der Waals surface area contributed by atoms with Crippen molar-refractivity contribution in [3.8, 4) is 16.9 Å². The summed E-state index contributed by atoms with van der Waals surface area (Å²) in [5.41, 5.74) is 3.28. The number of aryl methyl sites for hydroxylation is 1. The van der Waals surface area contributed by atoms with Gasteiger partial charge in [0.15, 0.2) is 0 Å². The highest BCUT2D eigenvalue weighted by Gasteiger charge is 2.42. The summed E-state index contributed by atoms with van der Waals surface area (Å²) in [6.45, 7) is 7.45. The second-order valence-electron chi connectivity index (χ2n) is 11.8. The molecule has 1 N–H and O–H groups in total. The van der Waals surface area contributed by atoms with E-state index in [0.717, 1.165) is 22.3 Å². The number of carbonyl (C=O) groups is 2. The molecule has 45 heavy (non-hydrogen) atoms. The number of nitrogens with zero attached hydrogens (tertiary/aromatic N) is 1. The minimum atomic E-state index is -4.11. The van der Waals surface area contributed by atoms with E-state index in [1.807, 2.05) is 12.1 Å². The third kappa shape index (κ3) is 7.17. The SMILES string of the molecule is Cc1cc(F)ccc1-c1ccc(S(=O)(=O)N2c3ccccc3C[C@H]2C(=O)NCCOc2ccc(C(=O)OC(C)(C)C)cc2)cc1. The molecule has 8 nitrogen and oxygen atoms in total. The van der Waals surface area contributed by atoms with E-state index in [9.17, 15) is 22.4 Å². The average Bonchev–Trinajstić information content (AvgIpc) is 3.40. The quantitative estimate of drug-likeness (QED) is 0.178. The Balaban J connectivity index is 1.26. The van der Waals surface area contributed by atoms with Gasteiger partial charge in [0.25, 0.3) is 10.0 Å². The van der Waals surface area contributed by atoms with Crippen LogP contribution in [0.3, 0.4) is 0 Å². The third-order valence-corrected chi connectivity index (χ3v) is 9.13. The fourth-order valence-electron chi connectivity index (χ4n) is 5.21. The molecule has 0 bridgehead atoms. The minimum Gasteiger partial charge on any atom is -0.492 e. The molecule has 1 heterocycles. The number of para-hydroxylation sites is 1. The van der Waals surface area contributed by atoms with Gasteiger partial charge in [-0.1, -0.05) is 36.4 Å². The largest absolute Gasteiger partial charge is 0.492 e. The molecule has 5 rings (SSSR count). The second kappa shape index (κ2) is 12.7. The van der Waals surface area contributed by atoms with Crippen LogP contribution in [-0.2, 0) is 26.0 Å². The maximum absolute atomic E-state index is 14.0. The Kier molecular flexibility index (Phi) is 8.97. The van der Waals surface area contributed by atoms with Gasteiger partial charge in [-0.3, -0.25) is 9.10 Å². The number of rotatable bonds is 9. The van der Waals surface area contributed by atoms with Crippen LogP contribution < -0.4 is 14.4 Å². The summed E-state index contributed by atoms with van der Waals surface area (Å²) in [7, 11) is -4.11. The molecule has 0 spiro atoms. The van der Waals surface area contributed by atoms with E-state index in [1.165, 1.54) is 28.6 Å². The van der Waals surface area contributed by atoms with Gasteiger partial charge in [-0.2, -0.15) is 0 Å². The van der Waals surface area contributed by atoms with Crippen LogP contribution in [0.15, 0.2) is 95.9 Å². The Labute approximate surface area is 262 Å². The Morgan fingerprint density at radius 3 is 2.31 bits per heavy atom. The van der Waals surface area contributed by atoms with Crippen molar-refractivity contribution in [1.82, 2.24) is 5.32 Å². The highest BCUT2D eigenvalue weighted by molar-refractivity contribution is 7.93. The summed E-state index contributed by atoms with van der Waals surface area (Å²) < 4.78 is 53.8. The number of hydrogen-bond acceptors (Lipinski definition) is 6. The number of anilines is 1. The predicted molar refractivity (Wildman–Crippen MR) is 170 cm³/mol. The monoisotopic (exact) mass is 630 g/mol. The molecule has 234 valence electrons. The first-order valence-electron chi connectivity index (χ1n) is 14.6. The van der Waals surface area contributed by atoms with Crippen molar-refractivity contribution in [2.24, 2.45) is 0 Å². The molecule has 4 aromatic carbocycles. The van der Waals surface area contributed by atoms with Crippen molar-refractivity contribution in [1.29, 1.82) is 0 Å². The molecule has 0 fully saturated rings. The smallest absolute Gasteiger partial charge is 0.338 e. The minimum absolute atomic E-state index is 0.0404. The molecule has 4 aromatic rings. The van der Waals surface area contributed by atoms with E-state index in [-0.39, 0.29) is 30.3 Å². The Morgan fingerprint density at radius 2 is 1.64 bits per heavy atom. The molecule has 1 aliphatic heterocycles. The number of halogens is 1. The summed E-state index contributed by atoms with van der Waals surface area (Å²) >= 11 is 0. The number of nitrogens with one attached hydrogen (secondary N) is 1. The summed E-state index contributed by atoms with van der Waals surface area (Å²) in [4.78, 5) is 25.7. The van der Waals surface area contributed by atoms with Gasteiger partial charge in [-0.15, -0.1) is 0 Å². The van der Waals surface area contributed by atoms with Crippen LogP contribution in [0, 0.1) is 12.7 Å². The standard InChI is InChI=1S/C35H35FN2O6S/c1-23-21-27(36)13-18-30(23)24-11-16-29(17-12-24)45(41,42)38-31-8-6-5-7-26(31)22-32(38)33(39)37-19-20-43-28-14-9-25(10-15-28)34(40)44-35(2,3)4/h5-18,21,32H,19-20,22H2,1-4H3,(H,37,39)/t32-/m0/s1. The highest BCUT2D eigenvalue weighted by Crippen LogP contribution is 2.37. The molecule has 0 aliphatic carbocycles. The first-order chi connectivity index (χ1) is 21.3. The number of hydrogen-bond donors (Lipinski definition) is 1. The van der Waals surface area contributed by atoms with Crippen LogP contribution >= 0.6 is 0 Å². The van der Waals surface area contributed by atoms with Gasteiger partial charge in [0.05, 0.1) is 22.7 Å². The summed E-state index contributed by atoms with van der Waals surface area (Å²) in [6.07, 6.45) is 0.223. The summed E-state index contributed by atoms with van der Waals surface area (Å²) in [5, 5.41) is 2.81. The van der Waals surface area contributed by atoms with Gasteiger partial charge in [0.2, 0.25) is 5.91 Å². The zero-order chi connectivity index (χ0) is 32.4. The van der Waals surface area contributed by atoms with Crippen molar-refractivity contribution in [3.05, 3.63) is 114 Å². The predicted octanol–water partition coefficient (Wildman–Crippen LogP) is 6.07. The van der Waals surface area contributed by atoms with Crippen molar-refractivity contribution in [3.63, 3.8) is 0 Å². The molecule has 10 heteroatoms. The fraction of sp³-hybridized carbons (Fsp3) is 0.257. The van der Waals surface area contributed by atoms with Crippen LogP contribution in [-0.4, -0.2) is 45.1 Å². The van der Waals surface area contributed by atoms with Crippen molar-refractivity contribution in [2.75, 3.05) is 17.5 Å². The number of fused-ring (bicyclic) bond motifs is 1.